The molecule has 1 heterocycles. The fraction of sp³-hybridized carbons (Fsp3) is 0.708. The first-order valence-corrected chi connectivity index (χ1v) is 11.4. The quantitative estimate of drug-likeness (QED) is 0.799. The van der Waals surface area contributed by atoms with Gasteiger partial charge in [-0.25, -0.2) is 4.39 Å². The molecule has 1 amide bonds. The molecule has 3 nitrogen and oxygen atoms in total. The number of nitrogens with one attached hydrogen (secondary N) is 1. The van der Waals surface area contributed by atoms with Gasteiger partial charge in [-0.05, 0) is 99.8 Å². The van der Waals surface area contributed by atoms with Crippen molar-refractivity contribution in [1.29, 1.82) is 0 Å². The Morgan fingerprint density at radius 3 is 2.36 bits per heavy atom. The number of carbonyl (C=O) groups excluding carboxylic acids is 1. The van der Waals surface area contributed by atoms with Crippen LogP contribution in [0.4, 0.5) is 4.39 Å². The molecule has 1 atom stereocenters. The number of nitrogens with zero attached hydrogens (tertiary/aromatic N) is 1. The highest BCUT2D eigenvalue weighted by atomic mass is 19.1. The highest BCUT2D eigenvalue weighted by molar-refractivity contribution is 5.83. The summed E-state index contributed by atoms with van der Waals surface area (Å²) in [5.74, 6) is 2.68. The zero-order chi connectivity index (χ0) is 19.1. The lowest BCUT2D eigenvalue weighted by Crippen LogP contribution is -2.55. The van der Waals surface area contributed by atoms with Gasteiger partial charge in [-0.3, -0.25) is 4.79 Å². The Balaban J connectivity index is 1.09. The summed E-state index contributed by atoms with van der Waals surface area (Å²) in [6.45, 7) is 3.12. The first kappa shape index (κ1) is 18.6. The molecule has 1 N–H and O–H groups in total. The summed E-state index contributed by atoms with van der Waals surface area (Å²) in [7, 11) is 0. The first-order valence-electron chi connectivity index (χ1n) is 11.4. The van der Waals surface area contributed by atoms with Gasteiger partial charge in [0, 0.05) is 24.5 Å². The van der Waals surface area contributed by atoms with E-state index in [0.29, 0.717) is 11.9 Å². The molecule has 4 saturated carbocycles. The van der Waals surface area contributed by atoms with Gasteiger partial charge in [0.2, 0.25) is 5.91 Å². The van der Waals surface area contributed by atoms with Crippen LogP contribution in [0.15, 0.2) is 24.3 Å². The summed E-state index contributed by atoms with van der Waals surface area (Å²) in [6, 6.07) is 7.18. The highest BCUT2D eigenvalue weighted by Crippen LogP contribution is 2.60. The first-order chi connectivity index (χ1) is 13.6. The van der Waals surface area contributed by atoms with Crippen molar-refractivity contribution >= 4 is 5.91 Å². The van der Waals surface area contributed by atoms with E-state index in [-0.39, 0.29) is 11.2 Å². The van der Waals surface area contributed by atoms with Gasteiger partial charge in [0.25, 0.3) is 0 Å². The van der Waals surface area contributed by atoms with E-state index < -0.39 is 0 Å². The van der Waals surface area contributed by atoms with Crippen LogP contribution in [0.2, 0.25) is 0 Å². The predicted octanol–water partition coefficient (Wildman–Crippen LogP) is 4.17. The number of rotatable bonds is 6. The molecule has 0 unspecified atom stereocenters. The third-order valence-electron chi connectivity index (χ3n) is 7.98. The van der Waals surface area contributed by atoms with Gasteiger partial charge in [0.1, 0.15) is 5.82 Å². The molecule has 0 spiro atoms. The number of amides is 1. The monoisotopic (exact) mass is 384 g/mol. The summed E-state index contributed by atoms with van der Waals surface area (Å²) >= 11 is 0. The number of aryl methyl sites for hydroxylation is 1. The van der Waals surface area contributed by atoms with Crippen LogP contribution < -0.4 is 5.32 Å². The third kappa shape index (κ3) is 3.72. The molecule has 4 bridgehead atoms. The molecule has 0 aromatic heterocycles. The van der Waals surface area contributed by atoms with Crippen LogP contribution in [0.3, 0.4) is 0 Å². The standard InChI is InChI=1S/C24H33FN2O/c25-21-5-3-17(4-6-21)2-1-8-27-9-7-22(16-27)26-23(28)24-13-18-10-19(14-24)12-20(11-18)15-24/h3-6,18-20,22H,1-2,7-16H2,(H,26,28)/t18?,19?,20?,22-,24?/m0/s1. The summed E-state index contributed by atoms with van der Waals surface area (Å²) in [6.07, 6.45) is 10.8. The van der Waals surface area contributed by atoms with Crippen molar-refractivity contribution in [2.24, 2.45) is 23.2 Å². The van der Waals surface area contributed by atoms with Crippen molar-refractivity contribution < 1.29 is 9.18 Å². The number of halogens is 1. The van der Waals surface area contributed by atoms with E-state index in [1.165, 1.54) is 24.8 Å². The number of carbonyl (C=O) groups is 1. The second-order valence-corrected chi connectivity index (χ2v) is 10.2. The Hall–Kier alpha value is -1.42. The molecule has 1 aliphatic heterocycles. The summed E-state index contributed by atoms with van der Waals surface area (Å²) in [5, 5.41) is 3.46. The second kappa shape index (κ2) is 7.44. The molecule has 5 fully saturated rings. The van der Waals surface area contributed by atoms with Crippen molar-refractivity contribution in [1.82, 2.24) is 10.2 Å². The smallest absolute Gasteiger partial charge is 0.226 e. The van der Waals surface area contributed by atoms with Gasteiger partial charge in [-0.2, -0.15) is 0 Å². The maximum atomic E-state index is 13.2. The minimum atomic E-state index is -0.166. The second-order valence-electron chi connectivity index (χ2n) is 10.2. The maximum Gasteiger partial charge on any atom is 0.226 e. The molecule has 0 radical (unpaired) electrons. The molecule has 1 saturated heterocycles. The molecule has 28 heavy (non-hydrogen) atoms. The lowest BCUT2D eigenvalue weighted by Gasteiger charge is -2.55. The fourth-order valence-electron chi connectivity index (χ4n) is 7.04. The Kier molecular flexibility index (Phi) is 4.94. The van der Waals surface area contributed by atoms with Crippen LogP contribution in [0, 0.1) is 29.0 Å². The van der Waals surface area contributed by atoms with Crippen LogP contribution in [0.25, 0.3) is 0 Å². The molecular formula is C24H33FN2O. The Morgan fingerprint density at radius 2 is 1.71 bits per heavy atom. The van der Waals surface area contributed by atoms with Crippen molar-refractivity contribution in [2.45, 2.75) is 63.8 Å². The van der Waals surface area contributed by atoms with Gasteiger partial charge < -0.3 is 10.2 Å². The van der Waals surface area contributed by atoms with Crippen LogP contribution >= 0.6 is 0 Å². The largest absolute Gasteiger partial charge is 0.352 e. The van der Waals surface area contributed by atoms with Crippen molar-refractivity contribution in [3.8, 4) is 0 Å². The Labute approximate surface area is 168 Å². The van der Waals surface area contributed by atoms with Crippen LogP contribution in [-0.4, -0.2) is 36.5 Å². The number of hydrogen-bond donors (Lipinski definition) is 1. The van der Waals surface area contributed by atoms with E-state index in [2.05, 4.69) is 10.2 Å². The van der Waals surface area contributed by atoms with E-state index in [1.807, 2.05) is 12.1 Å². The lowest BCUT2D eigenvalue weighted by molar-refractivity contribution is -0.146. The molecule has 1 aromatic carbocycles. The van der Waals surface area contributed by atoms with Crippen LogP contribution in [0.5, 0.6) is 0 Å². The fourth-order valence-corrected chi connectivity index (χ4v) is 7.04. The van der Waals surface area contributed by atoms with E-state index in [4.69, 9.17) is 0 Å². The van der Waals surface area contributed by atoms with E-state index in [9.17, 15) is 9.18 Å². The van der Waals surface area contributed by atoms with Gasteiger partial charge in [-0.15, -0.1) is 0 Å². The Morgan fingerprint density at radius 1 is 1.07 bits per heavy atom. The zero-order valence-corrected chi connectivity index (χ0v) is 16.8. The van der Waals surface area contributed by atoms with Gasteiger partial charge in [0.05, 0.1) is 0 Å². The minimum Gasteiger partial charge on any atom is -0.352 e. The molecule has 4 heteroatoms. The molecule has 1 aromatic rings. The zero-order valence-electron chi connectivity index (χ0n) is 16.8. The molecule has 152 valence electrons. The normalized spacial score (nSPS) is 36.8. The van der Waals surface area contributed by atoms with E-state index >= 15 is 0 Å². The molecule has 4 aliphatic carbocycles. The molecular weight excluding hydrogens is 351 g/mol. The van der Waals surface area contributed by atoms with Gasteiger partial charge >= 0.3 is 0 Å². The van der Waals surface area contributed by atoms with E-state index in [0.717, 1.165) is 75.9 Å². The molecule has 5 aliphatic rings. The third-order valence-corrected chi connectivity index (χ3v) is 7.98. The van der Waals surface area contributed by atoms with E-state index in [1.54, 1.807) is 12.1 Å². The average molecular weight is 385 g/mol. The number of hydrogen-bond acceptors (Lipinski definition) is 2. The highest BCUT2D eigenvalue weighted by Gasteiger charge is 2.54. The number of likely N-dealkylation sites (tertiary alicyclic amines) is 1. The van der Waals surface area contributed by atoms with Crippen molar-refractivity contribution in [2.75, 3.05) is 19.6 Å². The van der Waals surface area contributed by atoms with Gasteiger partial charge in [-0.1, -0.05) is 12.1 Å². The number of benzene rings is 1. The summed E-state index contributed by atoms with van der Waals surface area (Å²) in [5.41, 5.74) is 1.18. The Bertz CT molecular complexity index is 681. The van der Waals surface area contributed by atoms with Crippen molar-refractivity contribution in [3.63, 3.8) is 0 Å². The summed E-state index contributed by atoms with van der Waals surface area (Å²) in [4.78, 5) is 15.7. The molecule has 6 rings (SSSR count). The SMILES string of the molecule is O=C(N[C@H]1CCN(CCCc2ccc(F)cc2)C1)C12CC3CC(CC(C3)C1)C2. The van der Waals surface area contributed by atoms with Crippen molar-refractivity contribution in [3.05, 3.63) is 35.6 Å². The van der Waals surface area contributed by atoms with Crippen LogP contribution in [0.1, 0.15) is 56.9 Å². The lowest BCUT2D eigenvalue weighted by atomic mass is 9.49. The topological polar surface area (TPSA) is 32.3 Å². The predicted molar refractivity (Wildman–Crippen MR) is 108 cm³/mol. The maximum absolute atomic E-state index is 13.2. The summed E-state index contributed by atoms with van der Waals surface area (Å²) < 4.78 is 13.0. The average Bonchev–Trinajstić information content (AvgIpc) is 3.09. The van der Waals surface area contributed by atoms with Gasteiger partial charge in [0.15, 0.2) is 0 Å². The van der Waals surface area contributed by atoms with Crippen LogP contribution in [-0.2, 0) is 11.2 Å². The minimum absolute atomic E-state index is 0.0231.